The van der Waals surface area contributed by atoms with Gasteiger partial charge in [0.15, 0.2) is 0 Å². The third kappa shape index (κ3) is 7.96. The van der Waals surface area contributed by atoms with Crippen LogP contribution in [0.25, 0.3) is 0 Å². The molecule has 38 heavy (non-hydrogen) atoms. The van der Waals surface area contributed by atoms with E-state index in [1.54, 1.807) is 18.3 Å². The second-order valence-corrected chi connectivity index (χ2v) is 9.87. The van der Waals surface area contributed by atoms with Crippen LogP contribution in [0, 0.1) is 0 Å². The fourth-order valence-corrected chi connectivity index (χ4v) is 4.34. The van der Waals surface area contributed by atoms with Gasteiger partial charge in [0.1, 0.15) is 29.5 Å². The number of carbonyl (C=O) groups is 1. The van der Waals surface area contributed by atoms with E-state index < -0.39 is 0 Å². The van der Waals surface area contributed by atoms with Gasteiger partial charge in [0.05, 0.1) is 12.7 Å². The monoisotopic (exact) mass is 517 g/mol. The molecule has 0 aliphatic carbocycles. The van der Waals surface area contributed by atoms with Crippen LogP contribution in [-0.2, 0) is 17.9 Å². The topological polar surface area (TPSA) is 64.1 Å². The second kappa shape index (κ2) is 13.8. The van der Waals surface area contributed by atoms with Gasteiger partial charge in [-0.3, -0.25) is 4.90 Å². The van der Waals surface area contributed by atoms with E-state index in [0.29, 0.717) is 18.0 Å². The number of hydrogen-bond donors (Lipinski definition) is 0. The third-order valence-electron chi connectivity index (χ3n) is 6.45. The molecule has 0 unspecified atom stereocenters. The number of aromatic nitrogens is 1. The molecule has 0 bridgehead atoms. The molecule has 2 aromatic carbocycles. The molecule has 202 valence electrons. The molecular weight excluding hydrogens is 478 g/mol. The summed E-state index contributed by atoms with van der Waals surface area (Å²) in [6.45, 7) is 11.4. The van der Waals surface area contributed by atoms with Gasteiger partial charge in [-0.25, -0.2) is 9.78 Å². The minimum Gasteiger partial charge on any atom is -0.494 e. The quantitative estimate of drug-likeness (QED) is 0.225. The molecule has 0 atom stereocenters. The Morgan fingerprint density at radius 3 is 2.21 bits per heavy atom. The number of rotatable bonds is 12. The van der Waals surface area contributed by atoms with Crippen molar-refractivity contribution in [3.63, 3.8) is 0 Å². The zero-order valence-corrected chi connectivity index (χ0v) is 22.8. The van der Waals surface area contributed by atoms with E-state index in [0.717, 1.165) is 69.2 Å². The van der Waals surface area contributed by atoms with Crippen molar-refractivity contribution in [3.05, 3.63) is 83.6 Å². The predicted octanol–water partition coefficient (Wildman–Crippen LogP) is 5.73. The van der Waals surface area contributed by atoms with E-state index in [4.69, 9.17) is 14.2 Å². The number of pyridine rings is 1. The lowest BCUT2D eigenvalue weighted by molar-refractivity contribution is 0.0378. The van der Waals surface area contributed by atoms with Crippen molar-refractivity contribution in [2.24, 2.45) is 0 Å². The summed E-state index contributed by atoms with van der Waals surface area (Å²) in [4.78, 5) is 21.6. The minimum absolute atomic E-state index is 0.161. The van der Waals surface area contributed by atoms with Gasteiger partial charge in [0.2, 0.25) is 0 Å². The fraction of sp³-hybridized carbons (Fsp3) is 0.419. The molecule has 2 heterocycles. The number of ether oxygens (including phenoxy) is 3. The zero-order valence-electron chi connectivity index (χ0n) is 22.8. The number of esters is 1. The van der Waals surface area contributed by atoms with Crippen LogP contribution in [0.3, 0.4) is 0 Å². The van der Waals surface area contributed by atoms with Crippen molar-refractivity contribution in [1.82, 2.24) is 9.88 Å². The lowest BCUT2D eigenvalue weighted by Crippen LogP contribution is -2.46. The highest BCUT2D eigenvalue weighted by Crippen LogP contribution is 2.22. The highest BCUT2D eigenvalue weighted by Gasteiger charge is 2.23. The van der Waals surface area contributed by atoms with E-state index in [9.17, 15) is 4.79 Å². The molecule has 0 radical (unpaired) electrons. The van der Waals surface area contributed by atoms with Gasteiger partial charge in [-0.05, 0) is 67.8 Å². The average Bonchev–Trinajstić information content (AvgIpc) is 2.94. The number of carbonyl (C=O) groups excluding carboxylic acids is 1. The summed E-state index contributed by atoms with van der Waals surface area (Å²) in [5, 5.41) is 0. The zero-order chi connectivity index (χ0) is 26.7. The number of piperazine rings is 1. The van der Waals surface area contributed by atoms with Crippen LogP contribution >= 0.6 is 0 Å². The van der Waals surface area contributed by atoms with Gasteiger partial charge in [0, 0.05) is 38.9 Å². The molecular formula is C31H39N3O4. The summed E-state index contributed by atoms with van der Waals surface area (Å²) in [6.07, 6.45) is 3.77. The Balaban J connectivity index is 1.23. The lowest BCUT2D eigenvalue weighted by Gasteiger charge is -2.36. The first-order valence-electron chi connectivity index (χ1n) is 13.6. The first kappa shape index (κ1) is 27.5. The Kier molecular flexibility index (Phi) is 9.98. The Morgan fingerprint density at radius 1 is 0.895 bits per heavy atom. The van der Waals surface area contributed by atoms with Crippen LogP contribution in [0.1, 0.15) is 55.1 Å². The molecule has 0 N–H and O–H groups in total. The Bertz CT molecular complexity index is 1140. The van der Waals surface area contributed by atoms with Gasteiger partial charge in [-0.15, -0.1) is 0 Å². The normalized spacial score (nSPS) is 13.9. The highest BCUT2D eigenvalue weighted by molar-refractivity contribution is 5.94. The number of anilines is 1. The van der Waals surface area contributed by atoms with Crippen LogP contribution in [0.15, 0.2) is 66.9 Å². The lowest BCUT2D eigenvalue weighted by atomic mass is 10.1. The highest BCUT2D eigenvalue weighted by atomic mass is 16.5. The van der Waals surface area contributed by atoms with Crippen molar-refractivity contribution >= 4 is 11.8 Å². The van der Waals surface area contributed by atoms with Gasteiger partial charge in [-0.2, -0.15) is 0 Å². The number of unbranched alkanes of at least 4 members (excludes halogenated alkanes) is 1. The summed E-state index contributed by atoms with van der Waals surface area (Å²) < 4.78 is 17.1. The fourth-order valence-electron chi connectivity index (χ4n) is 4.34. The van der Waals surface area contributed by atoms with E-state index >= 15 is 0 Å². The van der Waals surface area contributed by atoms with E-state index in [1.807, 2.05) is 38.1 Å². The van der Waals surface area contributed by atoms with Crippen LogP contribution in [-0.4, -0.2) is 54.7 Å². The molecule has 4 rings (SSSR count). The second-order valence-electron chi connectivity index (χ2n) is 9.87. The Hall–Kier alpha value is -3.58. The van der Waals surface area contributed by atoms with Crippen molar-refractivity contribution in [3.8, 4) is 11.5 Å². The Labute approximate surface area is 226 Å². The van der Waals surface area contributed by atoms with Gasteiger partial charge in [0.25, 0.3) is 0 Å². The predicted molar refractivity (Wildman–Crippen MR) is 150 cm³/mol. The minimum atomic E-state index is -0.318. The first-order chi connectivity index (χ1) is 18.5. The summed E-state index contributed by atoms with van der Waals surface area (Å²) in [5.41, 5.74) is 2.89. The number of hydrogen-bond acceptors (Lipinski definition) is 7. The molecule has 1 fully saturated rings. The molecule has 3 aromatic rings. The Morgan fingerprint density at radius 2 is 1.55 bits per heavy atom. The summed E-state index contributed by atoms with van der Waals surface area (Å²) in [5.74, 6) is 2.15. The molecule has 1 saturated heterocycles. The maximum atomic E-state index is 12.5. The van der Waals surface area contributed by atoms with Gasteiger partial charge < -0.3 is 19.1 Å². The number of nitrogens with zero attached hydrogens (tertiary/aromatic N) is 3. The van der Waals surface area contributed by atoms with E-state index in [2.05, 4.69) is 46.0 Å². The summed E-state index contributed by atoms with van der Waals surface area (Å²) in [6, 6.07) is 20.0. The average molecular weight is 518 g/mol. The van der Waals surface area contributed by atoms with E-state index in [-0.39, 0.29) is 12.1 Å². The first-order valence-corrected chi connectivity index (χ1v) is 13.6. The number of benzene rings is 2. The molecule has 7 nitrogen and oxygen atoms in total. The molecule has 7 heteroatoms. The smallest absolute Gasteiger partial charge is 0.342 e. The summed E-state index contributed by atoms with van der Waals surface area (Å²) in [7, 11) is 0. The van der Waals surface area contributed by atoms with Crippen molar-refractivity contribution in [2.45, 2.75) is 52.9 Å². The molecule has 0 amide bonds. The molecule has 0 saturated carbocycles. The van der Waals surface area contributed by atoms with Crippen molar-refractivity contribution in [1.29, 1.82) is 0 Å². The maximum Gasteiger partial charge on any atom is 0.342 e. The van der Waals surface area contributed by atoms with Crippen molar-refractivity contribution in [2.75, 3.05) is 37.7 Å². The van der Waals surface area contributed by atoms with Crippen LogP contribution in [0.4, 0.5) is 5.82 Å². The SMILES string of the molecule is CCCCOc1ccc(COc2ccc(CN3CCN(c4ncccc4C(=O)OC(C)C)CC3)cc2)cc1. The molecule has 1 aliphatic rings. The van der Waals surface area contributed by atoms with Gasteiger partial charge >= 0.3 is 5.97 Å². The van der Waals surface area contributed by atoms with Crippen LogP contribution < -0.4 is 14.4 Å². The third-order valence-corrected chi connectivity index (χ3v) is 6.45. The maximum absolute atomic E-state index is 12.5. The standard InChI is InChI=1S/C31H39N3O4/c1-4-5-21-36-27-14-10-26(11-15-27)23-37-28-12-8-25(9-13-28)22-33-17-19-34(20-18-33)30-29(7-6-16-32-30)31(35)38-24(2)3/h6-16,24H,4-5,17-23H2,1-3H3. The van der Waals surface area contributed by atoms with Crippen LogP contribution in [0.5, 0.6) is 11.5 Å². The molecule has 0 spiro atoms. The molecule has 1 aliphatic heterocycles. The summed E-state index contributed by atoms with van der Waals surface area (Å²) >= 11 is 0. The molecule has 1 aromatic heterocycles. The van der Waals surface area contributed by atoms with Crippen LogP contribution in [0.2, 0.25) is 0 Å². The largest absolute Gasteiger partial charge is 0.494 e. The van der Waals surface area contributed by atoms with Crippen molar-refractivity contribution < 1.29 is 19.0 Å². The van der Waals surface area contributed by atoms with E-state index in [1.165, 1.54) is 5.56 Å². The van der Waals surface area contributed by atoms with Gasteiger partial charge in [-0.1, -0.05) is 37.6 Å².